The van der Waals surface area contributed by atoms with Gasteiger partial charge in [0.25, 0.3) is 11.8 Å². The van der Waals surface area contributed by atoms with Gasteiger partial charge in [0, 0.05) is 68.8 Å². The van der Waals surface area contributed by atoms with Gasteiger partial charge >= 0.3 is 0 Å². The van der Waals surface area contributed by atoms with Gasteiger partial charge in [-0.1, -0.05) is 63.2 Å². The van der Waals surface area contributed by atoms with E-state index in [2.05, 4.69) is 65.8 Å². The first-order valence-electron chi connectivity index (χ1n) is 27.1. The number of nitrogens with zero attached hydrogens (tertiary/aromatic N) is 3. The Kier molecular flexibility index (Phi) is 19.9. The maximum absolute atomic E-state index is 13.1. The van der Waals surface area contributed by atoms with Crippen molar-refractivity contribution in [2.24, 2.45) is 7.05 Å². The number of H-pyrrole nitrogens is 1. The van der Waals surface area contributed by atoms with E-state index >= 15 is 0 Å². The van der Waals surface area contributed by atoms with Crippen LogP contribution in [0.5, 0.6) is 11.5 Å². The van der Waals surface area contributed by atoms with Crippen molar-refractivity contribution in [3.05, 3.63) is 230 Å². The fourth-order valence-corrected chi connectivity index (χ4v) is 12.3. The summed E-state index contributed by atoms with van der Waals surface area (Å²) < 4.78 is 36.1. The molecule has 1 aliphatic heterocycles. The minimum Gasteiger partial charge on any atom is -0.497 e. The fraction of sp³-hybridized carbons (Fsp3) is 0.231. The lowest BCUT2D eigenvalue weighted by Gasteiger charge is -2.23. The van der Waals surface area contributed by atoms with E-state index in [1.807, 2.05) is 71.3 Å². The molecule has 0 spiro atoms. The van der Waals surface area contributed by atoms with Crippen molar-refractivity contribution in [1.82, 2.24) is 30.3 Å². The normalized spacial score (nSPS) is 12.9. The molecule has 7 heterocycles. The van der Waals surface area contributed by atoms with E-state index in [9.17, 15) is 28.4 Å². The number of furan rings is 2. The predicted octanol–water partition coefficient (Wildman–Crippen LogP) is 13.4. The van der Waals surface area contributed by atoms with Crippen LogP contribution in [0.4, 0.5) is 4.39 Å². The summed E-state index contributed by atoms with van der Waals surface area (Å²) in [5, 5.41) is 11.5. The monoisotopic (exact) mass is 1190 g/mol. The highest BCUT2D eigenvalue weighted by Crippen LogP contribution is 2.34. The van der Waals surface area contributed by atoms with Crippen LogP contribution in [0.2, 0.25) is 0 Å². The Morgan fingerprint density at radius 3 is 1.96 bits per heavy atom. The Labute approximate surface area is 498 Å². The summed E-state index contributed by atoms with van der Waals surface area (Å²) in [7, 11) is 3.27. The quantitative estimate of drug-likeness (QED) is 0.0653. The molecule has 1 atom stereocenters. The van der Waals surface area contributed by atoms with Gasteiger partial charge in [-0.2, -0.15) is 16.9 Å². The zero-order valence-electron chi connectivity index (χ0n) is 47.0. The van der Waals surface area contributed by atoms with Crippen molar-refractivity contribution < 1.29 is 46.7 Å². The molecule has 19 heteroatoms. The number of aromatic nitrogens is 3. The van der Waals surface area contributed by atoms with Crippen molar-refractivity contribution >= 4 is 74.6 Å². The maximum atomic E-state index is 13.1. The molecule has 0 aliphatic carbocycles. The molecule has 4 aromatic carbocycles. The number of halogens is 1. The van der Waals surface area contributed by atoms with Crippen molar-refractivity contribution in [3.63, 3.8) is 0 Å². The van der Waals surface area contributed by atoms with Crippen LogP contribution in [0.15, 0.2) is 179 Å². The standard InChI is InChI=1S/C24H31NO2S.C21H16FN3O3S.C20H16N2O4S/c1-24(2,3)28-22-15-16-25(17-22)23(26)14-11-19-9-12-21(13-10-19)27-18-20-7-5-4-6-8-20;1-25-17(11-16(24-25)13-4-6-14(22)7-5-13)21(27)23-12-15-8-9-19(29-15)20(26)18-3-2-10-28-18;1-25-13-5-4-12-9-16(22-15(12)10-13)20(24)21-11-14-6-7-18(27-14)19(23)17-3-2-8-26-17/h4-10,12-13,22H,11,14-18H2,1-3H3;2-11H,12H2,1H3,(H,23,27);2-10,22H,11H2,1H3,(H,21,24). The molecular formula is C65H63FN6O9S3. The minimum absolute atomic E-state index is 0.160. The van der Waals surface area contributed by atoms with Crippen LogP contribution in [0.25, 0.3) is 22.2 Å². The molecule has 10 aromatic rings. The van der Waals surface area contributed by atoms with Gasteiger partial charge in [0.05, 0.1) is 48.2 Å². The lowest BCUT2D eigenvalue weighted by molar-refractivity contribution is -0.130. The van der Waals surface area contributed by atoms with Crippen molar-refractivity contribution in [3.8, 4) is 22.8 Å². The smallest absolute Gasteiger partial charge is 0.269 e. The molecule has 1 unspecified atom stereocenters. The first kappa shape index (κ1) is 59.8. The molecule has 6 aromatic heterocycles. The SMILES string of the molecule is CC(C)(C)SC1CCN(C(=O)CCc2ccc(OCc3ccccc3)cc2)C1.COc1ccc2cc(C(=O)NCc3ccc(C(=O)c4ccco4)s3)[nH]c2c1.Cn1nc(-c2ccc(F)cc2)cc1C(=O)NCc1ccc(C(=O)c2ccco2)s1. The highest BCUT2D eigenvalue weighted by Gasteiger charge is 2.29. The van der Waals surface area contributed by atoms with Crippen LogP contribution in [0, 0.1) is 5.82 Å². The van der Waals surface area contributed by atoms with E-state index in [0.717, 1.165) is 69.2 Å². The summed E-state index contributed by atoms with van der Waals surface area (Å²) >= 11 is 4.63. The highest BCUT2D eigenvalue weighted by molar-refractivity contribution is 8.01. The Bertz CT molecular complexity index is 3810. The molecular weight excluding hydrogens is 1120 g/mol. The van der Waals surface area contributed by atoms with Gasteiger partial charge in [-0.3, -0.25) is 28.7 Å². The predicted molar refractivity (Wildman–Crippen MR) is 327 cm³/mol. The Morgan fingerprint density at radius 2 is 1.36 bits per heavy atom. The molecule has 84 heavy (non-hydrogen) atoms. The van der Waals surface area contributed by atoms with E-state index in [1.165, 1.54) is 57.6 Å². The number of thioether (sulfide) groups is 1. The second-order valence-corrected chi connectivity index (χ2v) is 25.1. The third-order valence-electron chi connectivity index (χ3n) is 13.3. The minimum atomic E-state index is -0.330. The molecule has 432 valence electrons. The van der Waals surface area contributed by atoms with Crippen LogP contribution in [-0.2, 0) is 38.0 Å². The largest absolute Gasteiger partial charge is 0.497 e. The van der Waals surface area contributed by atoms with E-state index in [-0.39, 0.29) is 52.2 Å². The van der Waals surface area contributed by atoms with Crippen molar-refractivity contribution in [2.75, 3.05) is 20.2 Å². The number of aromatic amines is 1. The molecule has 1 aliphatic rings. The molecule has 15 nitrogen and oxygen atoms in total. The number of amides is 3. The number of nitrogens with one attached hydrogen (secondary N) is 3. The van der Waals surface area contributed by atoms with E-state index < -0.39 is 0 Å². The topological polar surface area (TPSA) is 191 Å². The van der Waals surface area contributed by atoms with Crippen molar-refractivity contribution in [2.45, 2.75) is 69.7 Å². The van der Waals surface area contributed by atoms with Gasteiger partial charge in [0.2, 0.25) is 17.5 Å². The fourth-order valence-electron chi connectivity index (χ4n) is 9.02. The van der Waals surface area contributed by atoms with Gasteiger partial charge in [0.1, 0.15) is 35.3 Å². The molecule has 11 rings (SSSR count). The molecule has 1 saturated heterocycles. The Morgan fingerprint density at radius 1 is 0.726 bits per heavy atom. The molecule has 0 bridgehead atoms. The lowest BCUT2D eigenvalue weighted by Crippen LogP contribution is -2.30. The Hall–Kier alpha value is -8.78. The number of aryl methyl sites for hydroxylation is 2. The number of thiophene rings is 2. The number of hydrogen-bond donors (Lipinski definition) is 3. The summed E-state index contributed by atoms with van der Waals surface area (Å²) in [6.07, 6.45) is 5.40. The van der Waals surface area contributed by atoms with Gasteiger partial charge in [-0.15, -0.1) is 22.7 Å². The number of carbonyl (C=O) groups is 5. The number of benzene rings is 4. The van der Waals surface area contributed by atoms with Crippen LogP contribution >= 0.6 is 34.4 Å². The highest BCUT2D eigenvalue weighted by atomic mass is 32.2. The second-order valence-electron chi connectivity index (χ2n) is 20.6. The summed E-state index contributed by atoms with van der Waals surface area (Å²) in [5.41, 5.74) is 5.34. The van der Waals surface area contributed by atoms with Gasteiger partial charge in [-0.25, -0.2) is 4.39 Å². The number of likely N-dealkylation sites (tertiary alicyclic amines) is 1. The maximum Gasteiger partial charge on any atom is 0.269 e. The number of hydrogen-bond acceptors (Lipinski definition) is 13. The van der Waals surface area contributed by atoms with E-state index in [0.29, 0.717) is 57.4 Å². The van der Waals surface area contributed by atoms with Crippen LogP contribution in [-0.4, -0.2) is 79.1 Å². The van der Waals surface area contributed by atoms with Crippen molar-refractivity contribution in [1.29, 1.82) is 0 Å². The lowest BCUT2D eigenvalue weighted by atomic mass is 10.1. The molecule has 0 saturated carbocycles. The molecule has 3 amide bonds. The van der Waals surface area contributed by atoms with Gasteiger partial charge < -0.3 is 38.8 Å². The third kappa shape index (κ3) is 16.5. The first-order chi connectivity index (χ1) is 40.5. The number of ether oxygens (including phenoxy) is 2. The second kappa shape index (κ2) is 28.0. The number of methoxy groups -OCH3 is 1. The summed E-state index contributed by atoms with van der Waals surface area (Å²) in [5.74, 6) is 1.28. The number of ketones is 2. The molecule has 1 fully saturated rings. The van der Waals surface area contributed by atoms with E-state index in [1.54, 1.807) is 80.9 Å². The average molecular weight is 1190 g/mol. The molecule has 3 N–H and O–H groups in total. The van der Waals surface area contributed by atoms with Crippen LogP contribution in [0.1, 0.15) is 106 Å². The average Bonchev–Trinajstić information content (AvgIpc) is 4.27. The summed E-state index contributed by atoms with van der Waals surface area (Å²) in [6.45, 7) is 9.73. The number of rotatable bonds is 19. The van der Waals surface area contributed by atoms with Crippen LogP contribution in [0.3, 0.4) is 0 Å². The molecule has 0 radical (unpaired) electrons. The number of carbonyl (C=O) groups excluding carboxylic acids is 5. The third-order valence-corrected chi connectivity index (χ3v) is 16.8. The zero-order valence-corrected chi connectivity index (χ0v) is 49.5. The van der Waals surface area contributed by atoms with E-state index in [4.69, 9.17) is 18.3 Å². The first-order valence-corrected chi connectivity index (χ1v) is 29.6. The van der Waals surface area contributed by atoms with Gasteiger partial charge in [0.15, 0.2) is 11.5 Å². The van der Waals surface area contributed by atoms with Crippen LogP contribution < -0.4 is 20.1 Å². The number of fused-ring (bicyclic) bond motifs is 1. The summed E-state index contributed by atoms with van der Waals surface area (Å²) in [4.78, 5) is 70.0. The summed E-state index contributed by atoms with van der Waals surface area (Å²) in [6, 6.07) is 46.9. The van der Waals surface area contributed by atoms with Gasteiger partial charge in [-0.05, 0) is 133 Å². The Balaban J connectivity index is 0.000000151. The zero-order chi connectivity index (χ0) is 59.2.